The van der Waals surface area contributed by atoms with E-state index in [4.69, 9.17) is 0 Å². The molecule has 0 amide bonds. The summed E-state index contributed by atoms with van der Waals surface area (Å²) in [6.45, 7) is 7.26. The lowest BCUT2D eigenvalue weighted by Crippen LogP contribution is -2.35. The van der Waals surface area contributed by atoms with Gasteiger partial charge in [0.2, 0.25) is 0 Å². The summed E-state index contributed by atoms with van der Waals surface area (Å²) in [5.74, 6) is 0.252. The van der Waals surface area contributed by atoms with Crippen LogP contribution in [0.3, 0.4) is 0 Å². The van der Waals surface area contributed by atoms with E-state index in [0.717, 1.165) is 24.9 Å². The van der Waals surface area contributed by atoms with Crippen LogP contribution < -0.4 is 10.1 Å². The summed E-state index contributed by atoms with van der Waals surface area (Å²) >= 11 is 0. The lowest BCUT2D eigenvalue weighted by atomic mass is 9.92. The molecule has 114 valence electrons. The van der Waals surface area contributed by atoms with E-state index >= 15 is 0 Å². The van der Waals surface area contributed by atoms with Gasteiger partial charge in [-0.25, -0.2) is 0 Å². The number of hydrogen-bond donors (Lipinski definition) is 1. The van der Waals surface area contributed by atoms with E-state index in [9.17, 15) is 13.2 Å². The SMILES string of the molecule is CCNC(CC)C(C)Cc1ccc(OC(F)(F)F)cc1. The third-order valence-corrected chi connectivity index (χ3v) is 3.31. The molecule has 0 saturated carbocycles. The number of nitrogens with one attached hydrogen (secondary N) is 1. The molecule has 2 nitrogen and oxygen atoms in total. The van der Waals surface area contributed by atoms with E-state index < -0.39 is 6.36 Å². The Labute approximate surface area is 118 Å². The molecule has 0 aliphatic heterocycles. The molecule has 1 rings (SSSR count). The Morgan fingerprint density at radius 2 is 1.75 bits per heavy atom. The highest BCUT2D eigenvalue weighted by molar-refractivity contribution is 5.27. The molecule has 0 heterocycles. The van der Waals surface area contributed by atoms with Crippen LogP contribution in [0.2, 0.25) is 0 Å². The molecule has 0 fully saturated rings. The topological polar surface area (TPSA) is 21.3 Å². The van der Waals surface area contributed by atoms with Gasteiger partial charge in [-0.3, -0.25) is 0 Å². The van der Waals surface area contributed by atoms with Crippen molar-refractivity contribution >= 4 is 0 Å². The fourth-order valence-corrected chi connectivity index (χ4v) is 2.35. The van der Waals surface area contributed by atoms with Gasteiger partial charge in [0.25, 0.3) is 0 Å². The van der Waals surface area contributed by atoms with Crippen LogP contribution in [0.25, 0.3) is 0 Å². The Kier molecular flexibility index (Phi) is 6.33. The molecular weight excluding hydrogens is 267 g/mol. The average molecular weight is 289 g/mol. The van der Waals surface area contributed by atoms with Gasteiger partial charge >= 0.3 is 6.36 Å². The van der Waals surface area contributed by atoms with Crippen molar-refractivity contribution in [2.75, 3.05) is 6.54 Å². The lowest BCUT2D eigenvalue weighted by molar-refractivity contribution is -0.274. The van der Waals surface area contributed by atoms with Crippen molar-refractivity contribution in [1.82, 2.24) is 5.32 Å². The normalized spacial score (nSPS) is 14.9. The second kappa shape index (κ2) is 7.53. The fraction of sp³-hybridized carbons (Fsp3) is 0.600. The molecule has 5 heteroatoms. The summed E-state index contributed by atoms with van der Waals surface area (Å²) in [7, 11) is 0. The standard InChI is InChI=1S/C15H22F3NO/c1-4-14(19-5-2)11(3)10-12-6-8-13(9-7-12)20-15(16,17)18/h6-9,11,14,19H,4-5,10H2,1-3H3. The molecule has 20 heavy (non-hydrogen) atoms. The van der Waals surface area contributed by atoms with Crippen LogP contribution in [0.15, 0.2) is 24.3 Å². The second-order valence-electron chi connectivity index (χ2n) is 4.95. The van der Waals surface area contributed by atoms with Crippen molar-refractivity contribution in [3.63, 3.8) is 0 Å². The van der Waals surface area contributed by atoms with Gasteiger partial charge in [0.15, 0.2) is 0 Å². The first-order valence-corrected chi connectivity index (χ1v) is 6.93. The number of hydrogen-bond acceptors (Lipinski definition) is 2. The largest absolute Gasteiger partial charge is 0.573 e. The minimum Gasteiger partial charge on any atom is -0.406 e. The van der Waals surface area contributed by atoms with Gasteiger partial charge in [-0.15, -0.1) is 13.2 Å². The van der Waals surface area contributed by atoms with Crippen LogP contribution in [-0.4, -0.2) is 18.9 Å². The molecule has 1 N–H and O–H groups in total. The third kappa shape index (κ3) is 5.82. The fourth-order valence-electron chi connectivity index (χ4n) is 2.35. The summed E-state index contributed by atoms with van der Waals surface area (Å²) in [6.07, 6.45) is -2.77. The highest BCUT2D eigenvalue weighted by atomic mass is 19.4. The lowest BCUT2D eigenvalue weighted by Gasteiger charge is -2.23. The van der Waals surface area contributed by atoms with Crippen LogP contribution in [0, 0.1) is 5.92 Å². The molecule has 0 bridgehead atoms. The maximum Gasteiger partial charge on any atom is 0.573 e. The molecule has 1 aromatic carbocycles. The van der Waals surface area contributed by atoms with Crippen LogP contribution >= 0.6 is 0 Å². The van der Waals surface area contributed by atoms with Crippen molar-refractivity contribution in [2.45, 2.75) is 46.0 Å². The molecule has 2 unspecified atom stereocenters. The predicted octanol–water partition coefficient (Wildman–Crippen LogP) is 4.15. The summed E-state index contributed by atoms with van der Waals surface area (Å²) in [4.78, 5) is 0. The summed E-state index contributed by atoms with van der Waals surface area (Å²) < 4.78 is 40.0. The molecule has 0 aromatic heterocycles. The van der Waals surface area contributed by atoms with Crippen LogP contribution in [-0.2, 0) is 6.42 Å². The molecule has 0 radical (unpaired) electrons. The molecule has 0 aliphatic rings. The zero-order valence-corrected chi connectivity index (χ0v) is 12.1. The monoisotopic (exact) mass is 289 g/mol. The van der Waals surface area contributed by atoms with Crippen molar-refractivity contribution in [2.24, 2.45) is 5.92 Å². The molecule has 1 aromatic rings. The number of ether oxygens (including phenoxy) is 1. The molecule has 0 saturated heterocycles. The quantitative estimate of drug-likeness (QED) is 0.814. The first-order chi connectivity index (χ1) is 9.35. The van der Waals surface area contributed by atoms with Gasteiger partial charge in [0.05, 0.1) is 0 Å². The van der Waals surface area contributed by atoms with E-state index in [2.05, 4.69) is 30.8 Å². The van der Waals surface area contributed by atoms with E-state index in [1.165, 1.54) is 12.1 Å². The molecular formula is C15H22F3NO. The Morgan fingerprint density at radius 1 is 1.15 bits per heavy atom. The van der Waals surface area contributed by atoms with Crippen molar-refractivity contribution in [1.29, 1.82) is 0 Å². The number of alkyl halides is 3. The van der Waals surface area contributed by atoms with Crippen molar-refractivity contribution in [3.05, 3.63) is 29.8 Å². The number of benzene rings is 1. The minimum atomic E-state index is -4.63. The van der Waals surface area contributed by atoms with Crippen LogP contribution in [0.5, 0.6) is 5.75 Å². The van der Waals surface area contributed by atoms with E-state index in [1.807, 2.05) is 0 Å². The highest BCUT2D eigenvalue weighted by Crippen LogP contribution is 2.24. The van der Waals surface area contributed by atoms with Crippen molar-refractivity contribution in [3.8, 4) is 5.75 Å². The predicted molar refractivity (Wildman–Crippen MR) is 73.7 cm³/mol. The third-order valence-electron chi connectivity index (χ3n) is 3.31. The van der Waals surface area contributed by atoms with Gasteiger partial charge in [0.1, 0.15) is 5.75 Å². The smallest absolute Gasteiger partial charge is 0.406 e. The molecule has 0 spiro atoms. The number of rotatable bonds is 7. The van der Waals surface area contributed by atoms with Gasteiger partial charge < -0.3 is 10.1 Å². The van der Waals surface area contributed by atoms with Crippen molar-refractivity contribution < 1.29 is 17.9 Å². The Balaban J connectivity index is 2.60. The van der Waals surface area contributed by atoms with Crippen LogP contribution in [0.1, 0.15) is 32.8 Å². The van der Waals surface area contributed by atoms with Gasteiger partial charge in [-0.1, -0.05) is 32.9 Å². The zero-order valence-electron chi connectivity index (χ0n) is 12.1. The maximum absolute atomic E-state index is 12.1. The Hall–Kier alpha value is -1.23. The van der Waals surface area contributed by atoms with E-state index in [-0.39, 0.29) is 5.75 Å². The molecule has 2 atom stereocenters. The average Bonchev–Trinajstić information content (AvgIpc) is 2.36. The zero-order chi connectivity index (χ0) is 15.2. The summed E-state index contributed by atoms with van der Waals surface area (Å²) in [5, 5.41) is 3.42. The van der Waals surface area contributed by atoms with Gasteiger partial charge in [0, 0.05) is 6.04 Å². The highest BCUT2D eigenvalue weighted by Gasteiger charge is 2.30. The van der Waals surface area contributed by atoms with Gasteiger partial charge in [-0.2, -0.15) is 0 Å². The summed E-state index contributed by atoms with van der Waals surface area (Å²) in [5.41, 5.74) is 1.02. The summed E-state index contributed by atoms with van der Waals surface area (Å²) in [6, 6.07) is 6.53. The Bertz CT molecular complexity index is 389. The minimum absolute atomic E-state index is 0.173. The Morgan fingerprint density at radius 3 is 2.20 bits per heavy atom. The number of halogens is 3. The van der Waals surface area contributed by atoms with E-state index in [1.54, 1.807) is 12.1 Å². The van der Waals surface area contributed by atoms with Gasteiger partial charge in [-0.05, 0) is 43.0 Å². The first kappa shape index (κ1) is 16.8. The van der Waals surface area contributed by atoms with Crippen LogP contribution in [0.4, 0.5) is 13.2 Å². The van der Waals surface area contributed by atoms with E-state index in [0.29, 0.717) is 12.0 Å². The molecule has 0 aliphatic carbocycles. The first-order valence-electron chi connectivity index (χ1n) is 6.93. The second-order valence-corrected chi connectivity index (χ2v) is 4.95. The maximum atomic E-state index is 12.1.